The molecule has 4 rings (SSSR count). The number of hydroxylamine groups is 2. The Morgan fingerprint density at radius 2 is 2.30 bits per heavy atom. The Bertz CT molecular complexity index is 995. The summed E-state index contributed by atoms with van der Waals surface area (Å²) in [6.45, 7) is 1.80. The number of thioether (sulfide) groups is 2. The number of tetrazole rings is 1. The van der Waals surface area contributed by atoms with E-state index in [1.54, 1.807) is 19.1 Å². The van der Waals surface area contributed by atoms with Crippen molar-refractivity contribution in [2.45, 2.75) is 35.2 Å². The number of hydrogen-bond donors (Lipinski definition) is 3. The summed E-state index contributed by atoms with van der Waals surface area (Å²) in [5, 5.41) is 35.3. The number of carboxylic acid groups (broad SMARTS) is 1. The van der Waals surface area contributed by atoms with Crippen LogP contribution in [-0.2, 0) is 20.8 Å². The third kappa shape index (κ3) is 3.71. The minimum Gasteiger partial charge on any atom is -0.477 e. The Kier molecular flexibility index (Phi) is 5.81. The Labute approximate surface area is 182 Å². The first kappa shape index (κ1) is 20.8. The molecule has 0 spiro atoms. The first-order valence-electron chi connectivity index (χ1n) is 8.73. The van der Waals surface area contributed by atoms with Gasteiger partial charge in [0.15, 0.2) is 6.04 Å². The summed E-state index contributed by atoms with van der Waals surface area (Å²) in [7, 11) is 0. The number of carbonyl (C=O) groups is 3. The highest BCUT2D eigenvalue weighted by Crippen LogP contribution is 2.44. The van der Waals surface area contributed by atoms with Gasteiger partial charge in [0.05, 0.1) is 6.42 Å². The molecule has 2 aliphatic rings. The lowest BCUT2D eigenvalue weighted by Crippen LogP contribution is -2.71. The van der Waals surface area contributed by atoms with Crippen LogP contribution < -0.4 is 0 Å². The highest BCUT2D eigenvalue weighted by atomic mass is 32.2. The van der Waals surface area contributed by atoms with Gasteiger partial charge in [-0.05, 0) is 29.2 Å². The van der Waals surface area contributed by atoms with E-state index < -0.39 is 29.2 Å². The molecule has 1 fully saturated rings. The van der Waals surface area contributed by atoms with Crippen LogP contribution in [-0.4, -0.2) is 81.1 Å². The number of nitrogens with zero attached hydrogens (tertiary/aromatic N) is 5. The van der Waals surface area contributed by atoms with Crippen molar-refractivity contribution in [2.75, 3.05) is 5.75 Å². The smallest absolute Gasteiger partial charge is 0.352 e. The number of aromatic nitrogens is 4. The molecule has 0 radical (unpaired) electrons. The summed E-state index contributed by atoms with van der Waals surface area (Å²) in [6.07, 6.45) is -0.0272. The van der Waals surface area contributed by atoms with Crippen LogP contribution in [0.5, 0.6) is 0 Å². The maximum atomic E-state index is 12.8. The molecule has 14 heteroatoms. The number of amides is 2. The summed E-state index contributed by atoms with van der Waals surface area (Å²) < 4.78 is 0. The van der Waals surface area contributed by atoms with Gasteiger partial charge in [0.2, 0.25) is 5.16 Å². The summed E-state index contributed by atoms with van der Waals surface area (Å²) in [5.74, 6) is -2.15. The number of nitrogens with one attached hydrogen (secondary N) is 1. The van der Waals surface area contributed by atoms with E-state index in [0.29, 0.717) is 21.5 Å². The molecule has 0 saturated carbocycles. The number of hydrogen-bond acceptors (Lipinski definition) is 10. The summed E-state index contributed by atoms with van der Waals surface area (Å²) in [4.78, 5) is 39.0. The van der Waals surface area contributed by atoms with Crippen LogP contribution in [0.2, 0.25) is 0 Å². The van der Waals surface area contributed by atoms with Gasteiger partial charge >= 0.3 is 5.97 Å². The second-order valence-corrected chi connectivity index (χ2v) is 9.93. The minimum atomic E-state index is -1.24. The molecule has 2 aromatic rings. The predicted molar refractivity (Wildman–Crippen MR) is 108 cm³/mol. The Morgan fingerprint density at radius 1 is 1.50 bits per heavy atom. The van der Waals surface area contributed by atoms with E-state index >= 15 is 0 Å². The van der Waals surface area contributed by atoms with Gasteiger partial charge in [-0.3, -0.25) is 19.7 Å². The van der Waals surface area contributed by atoms with Crippen LogP contribution in [0.3, 0.4) is 0 Å². The van der Waals surface area contributed by atoms with Gasteiger partial charge in [-0.15, -0.1) is 33.3 Å². The lowest BCUT2D eigenvalue weighted by atomic mass is 10.0. The van der Waals surface area contributed by atoms with Crippen molar-refractivity contribution in [1.29, 1.82) is 0 Å². The molecule has 0 aliphatic carbocycles. The normalized spacial score (nSPS) is 21.8. The van der Waals surface area contributed by atoms with Crippen molar-refractivity contribution in [3.8, 4) is 0 Å². The number of aliphatic carboxylic acids is 1. The number of aromatic amines is 1. The standard InChI is InChI=1S/C16H16N6O5S3/c1-7(30-16-17-19-20-18-16)9-6-29-14-12(13(24)21(14)11(9)15(25)26)22(27)10(23)5-8-3-2-4-28-8/h2-4,7,12,14,27H,5-6H2,1H3,(H,25,26)(H,17,18,19,20)/t7?,12?,14-/m1/s1. The second-order valence-electron chi connectivity index (χ2n) is 6.48. The largest absolute Gasteiger partial charge is 0.477 e. The minimum absolute atomic E-state index is 0.0272. The highest BCUT2D eigenvalue weighted by Gasteiger charge is 2.57. The van der Waals surface area contributed by atoms with E-state index in [4.69, 9.17) is 0 Å². The fraction of sp³-hybridized carbons (Fsp3) is 0.375. The first-order chi connectivity index (χ1) is 14.4. The molecular formula is C16H16N6O5S3. The maximum absolute atomic E-state index is 12.8. The van der Waals surface area contributed by atoms with Crippen LogP contribution >= 0.6 is 34.9 Å². The molecule has 3 atom stereocenters. The van der Waals surface area contributed by atoms with Gasteiger partial charge in [-0.1, -0.05) is 17.8 Å². The third-order valence-electron chi connectivity index (χ3n) is 4.70. The number of thiophene rings is 1. The van der Waals surface area contributed by atoms with Crippen molar-refractivity contribution in [3.05, 3.63) is 33.7 Å². The molecule has 0 aromatic carbocycles. The van der Waals surface area contributed by atoms with Gasteiger partial charge in [-0.2, -0.15) is 5.21 Å². The number of carboxylic acids is 1. The van der Waals surface area contributed by atoms with E-state index in [9.17, 15) is 24.7 Å². The maximum Gasteiger partial charge on any atom is 0.352 e. The van der Waals surface area contributed by atoms with Gasteiger partial charge in [0, 0.05) is 15.9 Å². The van der Waals surface area contributed by atoms with Crippen molar-refractivity contribution in [2.24, 2.45) is 0 Å². The molecule has 3 N–H and O–H groups in total. The summed E-state index contributed by atoms with van der Waals surface area (Å²) >= 11 is 3.90. The molecule has 2 aromatic heterocycles. The molecule has 30 heavy (non-hydrogen) atoms. The molecule has 4 heterocycles. The lowest BCUT2D eigenvalue weighted by Gasteiger charge is -2.51. The molecule has 158 valence electrons. The third-order valence-corrected chi connectivity index (χ3v) is 7.88. The van der Waals surface area contributed by atoms with Gasteiger partial charge in [-0.25, -0.2) is 9.86 Å². The van der Waals surface area contributed by atoms with Crippen molar-refractivity contribution in [1.82, 2.24) is 30.6 Å². The average molecular weight is 469 g/mol. The average Bonchev–Trinajstić information content (AvgIpc) is 3.40. The Hall–Kier alpha value is -2.42. The summed E-state index contributed by atoms with van der Waals surface area (Å²) in [6, 6.07) is 2.45. The van der Waals surface area contributed by atoms with Crippen LogP contribution in [0.4, 0.5) is 0 Å². The SMILES string of the molecule is CC(Sc1nn[nH]n1)C1=C(C(=O)O)N2C(=O)C(N(O)C(=O)Cc3cccs3)[C@H]2SC1. The number of rotatable bonds is 7. The molecule has 0 bridgehead atoms. The van der Waals surface area contributed by atoms with Crippen LogP contribution in [0.1, 0.15) is 11.8 Å². The fourth-order valence-electron chi connectivity index (χ4n) is 3.26. The number of β-lactam (4-membered cyclic amide) rings is 1. The zero-order chi connectivity index (χ0) is 21.4. The first-order valence-corrected chi connectivity index (χ1v) is 11.5. The van der Waals surface area contributed by atoms with Gasteiger partial charge < -0.3 is 5.11 Å². The topological polar surface area (TPSA) is 153 Å². The Morgan fingerprint density at radius 3 is 2.93 bits per heavy atom. The van der Waals surface area contributed by atoms with Crippen LogP contribution in [0.25, 0.3) is 0 Å². The highest BCUT2D eigenvalue weighted by molar-refractivity contribution is 8.01. The zero-order valence-corrected chi connectivity index (χ0v) is 17.9. The van der Waals surface area contributed by atoms with Crippen molar-refractivity contribution in [3.63, 3.8) is 0 Å². The van der Waals surface area contributed by atoms with Crippen LogP contribution in [0, 0.1) is 0 Å². The van der Waals surface area contributed by atoms with Crippen molar-refractivity contribution < 1.29 is 24.7 Å². The summed E-state index contributed by atoms with van der Waals surface area (Å²) in [5.41, 5.74) is 0.419. The van der Waals surface area contributed by atoms with E-state index in [0.717, 1.165) is 9.78 Å². The van der Waals surface area contributed by atoms with E-state index in [-0.39, 0.29) is 17.4 Å². The van der Waals surface area contributed by atoms with E-state index in [1.807, 2.05) is 5.38 Å². The molecule has 1 saturated heterocycles. The van der Waals surface area contributed by atoms with E-state index in [1.165, 1.54) is 34.9 Å². The second kappa shape index (κ2) is 8.37. The number of H-pyrrole nitrogens is 1. The molecule has 11 nitrogen and oxygen atoms in total. The molecular weight excluding hydrogens is 452 g/mol. The lowest BCUT2D eigenvalue weighted by molar-refractivity contribution is -0.197. The number of fused-ring (bicyclic) bond motifs is 1. The van der Waals surface area contributed by atoms with Gasteiger partial charge in [0.1, 0.15) is 11.1 Å². The molecule has 2 unspecified atom stereocenters. The zero-order valence-electron chi connectivity index (χ0n) is 15.5. The fourth-order valence-corrected chi connectivity index (χ4v) is 6.40. The predicted octanol–water partition coefficient (Wildman–Crippen LogP) is 0.825. The van der Waals surface area contributed by atoms with Crippen molar-refractivity contribution >= 4 is 52.6 Å². The quantitative estimate of drug-likeness (QED) is 0.230. The van der Waals surface area contributed by atoms with Crippen LogP contribution in [0.15, 0.2) is 33.9 Å². The monoisotopic (exact) mass is 468 g/mol. The van der Waals surface area contributed by atoms with E-state index in [2.05, 4.69) is 20.6 Å². The number of carbonyl (C=O) groups excluding carboxylic acids is 2. The molecule has 2 amide bonds. The Balaban J connectivity index is 1.52. The molecule has 2 aliphatic heterocycles. The van der Waals surface area contributed by atoms with Gasteiger partial charge in [0.25, 0.3) is 11.8 Å².